The lowest BCUT2D eigenvalue weighted by Crippen LogP contribution is -2.41. The Morgan fingerprint density at radius 1 is 1.12 bits per heavy atom. The summed E-state index contributed by atoms with van der Waals surface area (Å²) >= 11 is 0. The summed E-state index contributed by atoms with van der Waals surface area (Å²) in [6.07, 6.45) is 3.99. The van der Waals surface area contributed by atoms with E-state index in [1.165, 1.54) is 38.4 Å². The Balaban J connectivity index is 1.93. The fourth-order valence-corrected chi connectivity index (χ4v) is 3.02. The molecule has 0 atom stereocenters. The van der Waals surface area contributed by atoms with E-state index in [-0.39, 0.29) is 22.8 Å². The van der Waals surface area contributed by atoms with Crippen LogP contribution in [0.15, 0.2) is 53.7 Å². The van der Waals surface area contributed by atoms with Crippen molar-refractivity contribution in [3.63, 3.8) is 0 Å². The summed E-state index contributed by atoms with van der Waals surface area (Å²) in [6, 6.07) is 9.23. The van der Waals surface area contributed by atoms with Crippen LogP contribution in [0.3, 0.4) is 0 Å². The quantitative estimate of drug-likeness (QED) is 0.723. The van der Waals surface area contributed by atoms with Crippen LogP contribution in [0, 0.1) is 0 Å². The van der Waals surface area contributed by atoms with Crippen molar-refractivity contribution in [3.8, 4) is 0 Å². The zero-order valence-corrected chi connectivity index (χ0v) is 15.3. The summed E-state index contributed by atoms with van der Waals surface area (Å²) in [6.45, 7) is 0. The van der Waals surface area contributed by atoms with Crippen LogP contribution in [-0.4, -0.2) is 43.6 Å². The highest BCUT2D eigenvalue weighted by Gasteiger charge is 2.18. The van der Waals surface area contributed by atoms with Crippen molar-refractivity contribution >= 4 is 21.8 Å². The van der Waals surface area contributed by atoms with Crippen molar-refractivity contribution in [1.29, 1.82) is 0 Å². The van der Waals surface area contributed by atoms with Crippen molar-refractivity contribution in [3.05, 3.63) is 59.9 Å². The Kier molecular flexibility index (Phi) is 6.42. The third-order valence-electron chi connectivity index (χ3n) is 3.55. The Labute approximate surface area is 152 Å². The van der Waals surface area contributed by atoms with Gasteiger partial charge in [-0.05, 0) is 36.2 Å². The van der Waals surface area contributed by atoms with Crippen LogP contribution in [0.1, 0.15) is 22.3 Å². The number of hydrogen-bond donors (Lipinski definition) is 2. The Hall–Kier alpha value is -2.78. The van der Waals surface area contributed by atoms with Gasteiger partial charge in [0.15, 0.2) is 0 Å². The first-order valence-corrected chi connectivity index (χ1v) is 9.25. The molecule has 0 radical (unpaired) electrons. The van der Waals surface area contributed by atoms with E-state index in [2.05, 4.69) is 15.8 Å². The second-order valence-corrected chi connectivity index (χ2v) is 7.83. The van der Waals surface area contributed by atoms with Crippen LogP contribution >= 0.6 is 0 Å². The highest BCUT2D eigenvalue weighted by atomic mass is 32.2. The van der Waals surface area contributed by atoms with Gasteiger partial charge in [0.2, 0.25) is 15.9 Å². The van der Waals surface area contributed by atoms with Crippen molar-refractivity contribution in [2.24, 2.45) is 0 Å². The summed E-state index contributed by atoms with van der Waals surface area (Å²) in [4.78, 5) is 27.9. The SMILES string of the molecule is CN(C)S(=O)(=O)c1cccc(C(=O)NNC(=O)CCc2cccnc2)c1. The largest absolute Gasteiger partial charge is 0.273 e. The number of rotatable bonds is 6. The minimum Gasteiger partial charge on any atom is -0.273 e. The molecular weight excluding hydrogens is 356 g/mol. The lowest BCUT2D eigenvalue weighted by atomic mass is 10.1. The van der Waals surface area contributed by atoms with Gasteiger partial charge in [0.1, 0.15) is 0 Å². The fourth-order valence-electron chi connectivity index (χ4n) is 2.07. The topological polar surface area (TPSA) is 108 Å². The standard InChI is InChI=1S/C17H20N4O4S/c1-21(2)26(24,25)15-7-3-6-14(11-15)17(23)20-19-16(22)9-8-13-5-4-10-18-12-13/h3-7,10-12H,8-9H2,1-2H3,(H,19,22)(H,20,23). The molecular formula is C17H20N4O4S. The molecule has 0 aliphatic rings. The molecule has 0 saturated heterocycles. The summed E-state index contributed by atoms with van der Waals surface area (Å²) in [7, 11) is -0.829. The number of aryl methyl sites for hydroxylation is 1. The van der Waals surface area contributed by atoms with Gasteiger partial charge in [-0.2, -0.15) is 0 Å². The Morgan fingerprint density at radius 2 is 1.88 bits per heavy atom. The molecule has 0 fully saturated rings. The maximum Gasteiger partial charge on any atom is 0.269 e. The number of aromatic nitrogens is 1. The molecule has 2 rings (SSSR count). The monoisotopic (exact) mass is 376 g/mol. The van der Waals surface area contributed by atoms with E-state index in [1.54, 1.807) is 18.5 Å². The summed E-state index contributed by atoms with van der Waals surface area (Å²) in [5, 5.41) is 0. The molecule has 9 heteroatoms. The number of hydrazine groups is 1. The first kappa shape index (κ1) is 19.5. The summed E-state index contributed by atoms with van der Waals surface area (Å²) < 4.78 is 25.3. The zero-order chi connectivity index (χ0) is 19.2. The van der Waals surface area contributed by atoms with E-state index in [4.69, 9.17) is 0 Å². The molecule has 2 N–H and O–H groups in total. The van der Waals surface area contributed by atoms with Crippen molar-refractivity contribution < 1.29 is 18.0 Å². The third-order valence-corrected chi connectivity index (χ3v) is 5.36. The van der Waals surface area contributed by atoms with E-state index >= 15 is 0 Å². The number of nitrogens with one attached hydrogen (secondary N) is 2. The molecule has 1 heterocycles. The van der Waals surface area contributed by atoms with E-state index < -0.39 is 15.9 Å². The molecule has 1 aromatic carbocycles. The van der Waals surface area contributed by atoms with Crippen molar-refractivity contribution in [1.82, 2.24) is 20.1 Å². The van der Waals surface area contributed by atoms with Crippen LogP contribution in [-0.2, 0) is 21.2 Å². The van der Waals surface area contributed by atoms with Crippen LogP contribution in [0.25, 0.3) is 0 Å². The average molecular weight is 376 g/mol. The molecule has 0 spiro atoms. The van der Waals surface area contributed by atoms with Gasteiger partial charge in [-0.15, -0.1) is 0 Å². The lowest BCUT2D eigenvalue weighted by Gasteiger charge is -2.12. The molecule has 0 saturated carbocycles. The van der Waals surface area contributed by atoms with Crippen LogP contribution in [0.5, 0.6) is 0 Å². The molecule has 138 valence electrons. The summed E-state index contributed by atoms with van der Waals surface area (Å²) in [5.74, 6) is -0.963. The molecule has 2 aromatic rings. The fraction of sp³-hybridized carbons (Fsp3) is 0.235. The number of hydrogen-bond acceptors (Lipinski definition) is 5. The molecule has 0 aliphatic carbocycles. The number of carbonyl (C=O) groups is 2. The van der Waals surface area contributed by atoms with Gasteiger partial charge in [0, 0.05) is 38.5 Å². The van der Waals surface area contributed by atoms with Gasteiger partial charge in [-0.3, -0.25) is 25.4 Å². The van der Waals surface area contributed by atoms with E-state index in [1.807, 2.05) is 6.07 Å². The molecule has 0 bridgehead atoms. The minimum absolute atomic E-state index is 0.00180. The van der Waals surface area contributed by atoms with Gasteiger partial charge in [-0.1, -0.05) is 12.1 Å². The van der Waals surface area contributed by atoms with Gasteiger partial charge in [-0.25, -0.2) is 12.7 Å². The summed E-state index contributed by atoms with van der Waals surface area (Å²) in [5.41, 5.74) is 5.63. The minimum atomic E-state index is -3.64. The number of benzene rings is 1. The lowest BCUT2D eigenvalue weighted by molar-refractivity contribution is -0.121. The normalized spacial score (nSPS) is 11.2. The van der Waals surface area contributed by atoms with Crippen molar-refractivity contribution in [2.45, 2.75) is 17.7 Å². The second kappa shape index (κ2) is 8.54. The van der Waals surface area contributed by atoms with Crippen LogP contribution < -0.4 is 10.9 Å². The molecule has 0 aliphatic heterocycles. The number of nitrogens with zero attached hydrogens (tertiary/aromatic N) is 2. The molecule has 8 nitrogen and oxygen atoms in total. The number of amides is 2. The second-order valence-electron chi connectivity index (χ2n) is 5.68. The molecule has 2 amide bonds. The molecule has 26 heavy (non-hydrogen) atoms. The van der Waals surface area contributed by atoms with Crippen molar-refractivity contribution in [2.75, 3.05) is 14.1 Å². The molecule has 1 aromatic heterocycles. The van der Waals surface area contributed by atoms with E-state index in [9.17, 15) is 18.0 Å². The maximum absolute atomic E-state index is 12.1. The first-order chi connectivity index (χ1) is 12.3. The van der Waals surface area contributed by atoms with Gasteiger partial charge >= 0.3 is 0 Å². The smallest absolute Gasteiger partial charge is 0.269 e. The van der Waals surface area contributed by atoms with Gasteiger partial charge in [0.05, 0.1) is 4.90 Å². The first-order valence-electron chi connectivity index (χ1n) is 7.81. The van der Waals surface area contributed by atoms with E-state index in [0.29, 0.717) is 6.42 Å². The van der Waals surface area contributed by atoms with Gasteiger partial charge < -0.3 is 0 Å². The third kappa shape index (κ3) is 5.11. The Bertz CT molecular complexity index is 883. The number of carbonyl (C=O) groups excluding carboxylic acids is 2. The predicted molar refractivity (Wildman–Crippen MR) is 95.5 cm³/mol. The number of sulfonamides is 1. The highest BCUT2D eigenvalue weighted by Crippen LogP contribution is 2.14. The van der Waals surface area contributed by atoms with Crippen LogP contribution in [0.2, 0.25) is 0 Å². The van der Waals surface area contributed by atoms with Crippen LogP contribution in [0.4, 0.5) is 0 Å². The zero-order valence-electron chi connectivity index (χ0n) is 14.5. The average Bonchev–Trinajstić information content (AvgIpc) is 2.65. The van der Waals surface area contributed by atoms with E-state index in [0.717, 1.165) is 9.87 Å². The predicted octanol–water partition coefficient (Wildman–Crippen LogP) is 0.726. The highest BCUT2D eigenvalue weighted by molar-refractivity contribution is 7.89. The molecule has 0 unspecified atom stereocenters. The maximum atomic E-state index is 12.1. The van der Waals surface area contributed by atoms with Gasteiger partial charge in [0.25, 0.3) is 5.91 Å². The Morgan fingerprint density at radius 3 is 2.54 bits per heavy atom. The number of pyridine rings is 1.